The maximum Gasteiger partial charge on any atom is 0.269 e. The lowest BCUT2D eigenvalue weighted by Crippen LogP contribution is -2.46. The summed E-state index contributed by atoms with van der Waals surface area (Å²) in [5.41, 5.74) is 1.15. The number of non-ortho nitro benzene ring substituents is 1. The van der Waals surface area contributed by atoms with Crippen molar-refractivity contribution >= 4 is 28.9 Å². The zero-order chi connectivity index (χ0) is 23.4. The first-order valence-corrected chi connectivity index (χ1v) is 10.3. The summed E-state index contributed by atoms with van der Waals surface area (Å²) in [6.45, 7) is 2.26. The van der Waals surface area contributed by atoms with E-state index < -0.39 is 16.9 Å². The van der Waals surface area contributed by atoms with Crippen LogP contribution in [0.3, 0.4) is 0 Å². The highest BCUT2D eigenvalue weighted by molar-refractivity contribution is 6.05. The monoisotopic (exact) mass is 447 g/mol. The number of hydrogen-bond acceptors (Lipinski definition) is 6. The molecule has 0 saturated heterocycles. The molecular weight excluding hydrogens is 426 g/mol. The van der Waals surface area contributed by atoms with E-state index in [1.165, 1.54) is 24.3 Å². The molecule has 4 rings (SSSR count). The molecule has 0 aromatic heterocycles. The van der Waals surface area contributed by atoms with Crippen LogP contribution in [0.4, 0.5) is 17.1 Å². The lowest BCUT2D eigenvalue weighted by atomic mass is 10.1. The average Bonchev–Trinajstić information content (AvgIpc) is 2.82. The fourth-order valence-electron chi connectivity index (χ4n) is 3.42. The van der Waals surface area contributed by atoms with Crippen molar-refractivity contribution in [2.75, 3.05) is 23.4 Å². The summed E-state index contributed by atoms with van der Waals surface area (Å²) in [7, 11) is 0. The maximum atomic E-state index is 12.8. The first-order chi connectivity index (χ1) is 15.9. The summed E-state index contributed by atoms with van der Waals surface area (Å²) in [5, 5.41) is 13.5. The Morgan fingerprint density at radius 3 is 2.55 bits per heavy atom. The summed E-state index contributed by atoms with van der Waals surface area (Å²) in [4.78, 5) is 37.2. The van der Waals surface area contributed by atoms with E-state index in [-0.39, 0.29) is 23.8 Å². The number of amides is 2. The second-order valence-electron chi connectivity index (χ2n) is 7.35. The molecule has 9 nitrogen and oxygen atoms in total. The van der Waals surface area contributed by atoms with Gasteiger partial charge in [0.1, 0.15) is 18.1 Å². The van der Waals surface area contributed by atoms with Crippen LogP contribution in [0.2, 0.25) is 0 Å². The number of benzene rings is 3. The fraction of sp³-hybridized carbons (Fsp3) is 0.167. The average molecular weight is 447 g/mol. The number of ether oxygens (including phenoxy) is 2. The lowest BCUT2D eigenvalue weighted by molar-refractivity contribution is -0.384. The van der Waals surface area contributed by atoms with E-state index in [2.05, 4.69) is 5.32 Å². The smallest absolute Gasteiger partial charge is 0.269 e. The molecule has 1 heterocycles. The van der Waals surface area contributed by atoms with E-state index >= 15 is 0 Å². The molecule has 0 spiro atoms. The number of fused-ring (bicyclic) bond motifs is 1. The predicted molar refractivity (Wildman–Crippen MR) is 122 cm³/mol. The Bertz CT molecular complexity index is 1180. The highest BCUT2D eigenvalue weighted by Gasteiger charge is 2.31. The van der Waals surface area contributed by atoms with Crippen molar-refractivity contribution in [2.24, 2.45) is 0 Å². The van der Waals surface area contributed by atoms with E-state index in [9.17, 15) is 19.7 Å². The fourth-order valence-corrected chi connectivity index (χ4v) is 3.42. The third-order valence-electron chi connectivity index (χ3n) is 5.09. The van der Waals surface area contributed by atoms with Crippen LogP contribution >= 0.6 is 0 Å². The molecule has 3 aromatic rings. The molecule has 1 unspecified atom stereocenters. The van der Waals surface area contributed by atoms with Gasteiger partial charge in [-0.1, -0.05) is 18.2 Å². The predicted octanol–water partition coefficient (Wildman–Crippen LogP) is 4.04. The van der Waals surface area contributed by atoms with Gasteiger partial charge in [-0.25, -0.2) is 0 Å². The molecule has 33 heavy (non-hydrogen) atoms. The van der Waals surface area contributed by atoms with Gasteiger partial charge in [0, 0.05) is 23.4 Å². The van der Waals surface area contributed by atoms with Crippen LogP contribution in [0.15, 0.2) is 72.8 Å². The standard InChI is InChI=1S/C24H21N3O6/c1-16-24(29)26(13-14-32-20-5-3-2-4-6-20)21-15-18(9-12-22(21)33-16)25-23(28)17-7-10-19(11-8-17)27(30)31/h2-12,15-16H,13-14H2,1H3,(H,25,28). The molecule has 1 aliphatic rings. The molecule has 1 atom stereocenters. The third kappa shape index (κ3) is 4.93. The van der Waals surface area contributed by atoms with Gasteiger partial charge in [0.05, 0.1) is 17.2 Å². The number of hydrogen-bond donors (Lipinski definition) is 1. The van der Waals surface area contributed by atoms with Crippen molar-refractivity contribution < 1.29 is 24.0 Å². The molecule has 0 aliphatic carbocycles. The third-order valence-corrected chi connectivity index (χ3v) is 5.09. The first kappa shape index (κ1) is 21.8. The summed E-state index contributed by atoms with van der Waals surface area (Å²) >= 11 is 0. The second kappa shape index (κ2) is 9.39. The highest BCUT2D eigenvalue weighted by Crippen LogP contribution is 2.36. The molecule has 3 aromatic carbocycles. The van der Waals surface area contributed by atoms with Gasteiger partial charge in [-0.15, -0.1) is 0 Å². The molecule has 0 saturated carbocycles. The zero-order valence-electron chi connectivity index (χ0n) is 17.8. The van der Waals surface area contributed by atoms with Crippen molar-refractivity contribution in [1.29, 1.82) is 0 Å². The number of carbonyl (C=O) groups excluding carboxylic acids is 2. The van der Waals surface area contributed by atoms with Crippen molar-refractivity contribution in [3.05, 3.63) is 88.5 Å². The van der Waals surface area contributed by atoms with Crippen molar-refractivity contribution in [3.63, 3.8) is 0 Å². The molecular formula is C24H21N3O6. The van der Waals surface area contributed by atoms with E-state index in [1.807, 2.05) is 30.3 Å². The highest BCUT2D eigenvalue weighted by atomic mass is 16.6. The normalized spacial score (nSPS) is 14.8. The molecule has 0 radical (unpaired) electrons. The maximum absolute atomic E-state index is 12.8. The zero-order valence-corrected chi connectivity index (χ0v) is 17.8. The van der Waals surface area contributed by atoms with Gasteiger partial charge in [0.2, 0.25) is 0 Å². The van der Waals surface area contributed by atoms with E-state index in [1.54, 1.807) is 30.0 Å². The molecule has 168 valence electrons. The van der Waals surface area contributed by atoms with Crippen LogP contribution in [0.5, 0.6) is 11.5 Å². The van der Waals surface area contributed by atoms with Gasteiger partial charge in [-0.2, -0.15) is 0 Å². The van der Waals surface area contributed by atoms with Gasteiger partial charge < -0.3 is 19.7 Å². The SMILES string of the molecule is CC1Oc2ccc(NC(=O)c3ccc([N+](=O)[O-])cc3)cc2N(CCOc2ccccc2)C1=O. The number of anilines is 2. The van der Waals surface area contributed by atoms with Gasteiger partial charge in [0.15, 0.2) is 6.10 Å². The first-order valence-electron chi connectivity index (χ1n) is 10.3. The molecule has 1 aliphatic heterocycles. The summed E-state index contributed by atoms with van der Waals surface area (Å²) < 4.78 is 11.4. The van der Waals surface area contributed by atoms with Gasteiger partial charge in [0.25, 0.3) is 17.5 Å². The largest absolute Gasteiger partial charge is 0.492 e. The van der Waals surface area contributed by atoms with Crippen molar-refractivity contribution in [3.8, 4) is 11.5 Å². The van der Waals surface area contributed by atoms with E-state index in [0.29, 0.717) is 29.4 Å². The number of nitro benzene ring substituents is 1. The second-order valence-corrected chi connectivity index (χ2v) is 7.35. The van der Waals surface area contributed by atoms with Crippen LogP contribution in [-0.2, 0) is 4.79 Å². The Morgan fingerprint density at radius 1 is 1.12 bits per heavy atom. The van der Waals surface area contributed by atoms with Gasteiger partial charge in [-0.05, 0) is 49.4 Å². The topological polar surface area (TPSA) is 111 Å². The Labute approximate surface area is 189 Å². The summed E-state index contributed by atoms with van der Waals surface area (Å²) in [6, 6.07) is 19.6. The number of carbonyl (C=O) groups is 2. The van der Waals surface area contributed by atoms with E-state index in [4.69, 9.17) is 9.47 Å². The minimum absolute atomic E-state index is 0.0986. The number of nitro groups is 1. The lowest BCUT2D eigenvalue weighted by Gasteiger charge is -2.33. The summed E-state index contributed by atoms with van der Waals surface area (Å²) in [5.74, 6) is 0.587. The molecule has 2 amide bonds. The molecule has 9 heteroatoms. The Balaban J connectivity index is 1.50. The molecule has 0 bridgehead atoms. The molecule has 1 N–H and O–H groups in total. The minimum Gasteiger partial charge on any atom is -0.492 e. The number of rotatable bonds is 7. The summed E-state index contributed by atoms with van der Waals surface area (Å²) in [6.07, 6.45) is -0.644. The number of nitrogens with zero attached hydrogens (tertiary/aromatic N) is 2. The minimum atomic E-state index is -0.644. The van der Waals surface area contributed by atoms with Crippen molar-refractivity contribution in [1.82, 2.24) is 0 Å². The molecule has 0 fully saturated rings. The van der Waals surface area contributed by atoms with Gasteiger partial charge in [-0.3, -0.25) is 19.7 Å². The number of para-hydroxylation sites is 1. The number of nitrogens with one attached hydrogen (secondary N) is 1. The van der Waals surface area contributed by atoms with Crippen molar-refractivity contribution in [2.45, 2.75) is 13.0 Å². The Hall–Kier alpha value is -4.40. The Morgan fingerprint density at radius 2 is 1.85 bits per heavy atom. The van der Waals surface area contributed by atoms with Crippen LogP contribution < -0.4 is 19.7 Å². The van der Waals surface area contributed by atoms with Gasteiger partial charge >= 0.3 is 0 Å². The Kier molecular flexibility index (Phi) is 6.21. The quantitative estimate of drug-likeness (QED) is 0.432. The van der Waals surface area contributed by atoms with Crippen LogP contribution in [-0.4, -0.2) is 36.0 Å². The van der Waals surface area contributed by atoms with E-state index in [0.717, 1.165) is 0 Å². The van der Waals surface area contributed by atoms with Crippen LogP contribution in [0.1, 0.15) is 17.3 Å². The van der Waals surface area contributed by atoms with Crippen LogP contribution in [0, 0.1) is 10.1 Å². The van der Waals surface area contributed by atoms with Crippen LogP contribution in [0.25, 0.3) is 0 Å².